The van der Waals surface area contributed by atoms with Crippen LogP contribution in [-0.2, 0) is 15.1 Å². The Hall–Kier alpha value is -1.88. The number of nitrogens with zero attached hydrogens (tertiary/aromatic N) is 1. The van der Waals surface area contributed by atoms with Crippen LogP contribution in [0.4, 0.5) is 4.79 Å². The maximum Gasteiger partial charge on any atom is 0.325 e. The second-order valence-electron chi connectivity index (χ2n) is 9.71. The molecule has 5 nitrogen and oxygen atoms in total. The van der Waals surface area contributed by atoms with E-state index in [2.05, 4.69) is 5.32 Å². The largest absolute Gasteiger partial charge is 0.325 e. The van der Waals surface area contributed by atoms with Gasteiger partial charge in [-0.15, -0.1) is 0 Å². The first-order chi connectivity index (χ1) is 13.8. The fraction of sp³-hybridized carbons (Fsp3) is 0.609. The molecule has 1 aliphatic heterocycles. The molecule has 6 heteroatoms. The highest BCUT2D eigenvalue weighted by Gasteiger charge is 2.57. The molecule has 1 aromatic carbocycles. The van der Waals surface area contributed by atoms with Crippen molar-refractivity contribution in [1.29, 1.82) is 0 Å². The number of benzene rings is 1. The third-order valence-electron chi connectivity index (χ3n) is 7.97. The first-order valence-electron chi connectivity index (χ1n) is 10.8. The molecule has 1 unspecified atom stereocenters. The van der Waals surface area contributed by atoms with Crippen LogP contribution in [-0.4, -0.2) is 29.2 Å². The number of urea groups is 1. The van der Waals surface area contributed by atoms with Gasteiger partial charge in [-0.3, -0.25) is 14.5 Å². The summed E-state index contributed by atoms with van der Waals surface area (Å²) in [6.45, 7) is 1.77. The summed E-state index contributed by atoms with van der Waals surface area (Å²) in [6, 6.07) is 6.52. The number of rotatable bonds is 5. The summed E-state index contributed by atoms with van der Waals surface area (Å²) < 4.78 is 0. The van der Waals surface area contributed by atoms with Crippen molar-refractivity contribution >= 4 is 29.3 Å². The van der Waals surface area contributed by atoms with Crippen LogP contribution >= 0.6 is 11.6 Å². The number of ketones is 1. The molecule has 29 heavy (non-hydrogen) atoms. The molecule has 154 valence electrons. The van der Waals surface area contributed by atoms with E-state index in [9.17, 15) is 14.4 Å². The van der Waals surface area contributed by atoms with Gasteiger partial charge >= 0.3 is 6.03 Å². The number of hydrogen-bond donors (Lipinski definition) is 1. The average molecular weight is 415 g/mol. The molecule has 1 aromatic rings. The number of carbonyl (C=O) groups is 3. The summed E-state index contributed by atoms with van der Waals surface area (Å²) in [5.74, 6) is 1.71. The molecule has 1 N–H and O–H groups in total. The van der Waals surface area contributed by atoms with E-state index in [1.54, 1.807) is 24.3 Å². The molecule has 0 aromatic heterocycles. The van der Waals surface area contributed by atoms with Crippen molar-refractivity contribution in [1.82, 2.24) is 10.2 Å². The maximum atomic E-state index is 13.4. The van der Waals surface area contributed by atoms with Crippen molar-refractivity contribution in [3.05, 3.63) is 34.9 Å². The Morgan fingerprint density at radius 1 is 1.07 bits per heavy atom. The molecular formula is C23H27ClN2O3. The van der Waals surface area contributed by atoms with E-state index in [4.69, 9.17) is 11.6 Å². The molecular weight excluding hydrogens is 388 g/mol. The van der Waals surface area contributed by atoms with Crippen molar-refractivity contribution in [2.24, 2.45) is 23.2 Å². The van der Waals surface area contributed by atoms with Crippen molar-refractivity contribution in [3.8, 4) is 0 Å². The van der Waals surface area contributed by atoms with E-state index >= 15 is 0 Å². The number of hydrogen-bond acceptors (Lipinski definition) is 3. The number of carbonyl (C=O) groups excluding carboxylic acids is 3. The van der Waals surface area contributed by atoms with Crippen molar-refractivity contribution in [3.63, 3.8) is 0 Å². The Morgan fingerprint density at radius 3 is 2.14 bits per heavy atom. The first-order valence-corrected chi connectivity index (χ1v) is 11.2. The van der Waals surface area contributed by atoms with Gasteiger partial charge < -0.3 is 5.32 Å². The van der Waals surface area contributed by atoms with Crippen LogP contribution in [0.1, 0.15) is 57.4 Å². The average Bonchev–Trinajstić information content (AvgIpc) is 2.92. The van der Waals surface area contributed by atoms with Crippen molar-refractivity contribution in [2.75, 3.05) is 6.54 Å². The van der Waals surface area contributed by atoms with Crippen molar-refractivity contribution in [2.45, 2.75) is 57.4 Å². The highest BCUT2D eigenvalue weighted by atomic mass is 35.5. The lowest BCUT2D eigenvalue weighted by Crippen LogP contribution is -2.53. The van der Waals surface area contributed by atoms with Gasteiger partial charge in [-0.25, -0.2) is 4.79 Å². The zero-order valence-electron chi connectivity index (χ0n) is 16.7. The molecule has 5 fully saturated rings. The number of amides is 3. The fourth-order valence-corrected chi connectivity index (χ4v) is 7.03. The van der Waals surface area contributed by atoms with E-state index < -0.39 is 11.6 Å². The molecule has 4 bridgehead atoms. The Bertz CT molecular complexity index is 845. The number of halogens is 1. The fourth-order valence-electron chi connectivity index (χ4n) is 6.91. The van der Waals surface area contributed by atoms with E-state index in [1.807, 2.05) is 6.92 Å². The van der Waals surface area contributed by atoms with Crippen LogP contribution < -0.4 is 5.32 Å². The monoisotopic (exact) mass is 414 g/mol. The molecule has 6 rings (SSSR count). The quantitative estimate of drug-likeness (QED) is 0.731. The molecule has 1 heterocycles. The lowest BCUT2D eigenvalue weighted by Gasteiger charge is -2.56. The van der Waals surface area contributed by atoms with Crippen LogP contribution in [0.5, 0.6) is 0 Å². The highest BCUT2D eigenvalue weighted by molar-refractivity contribution is 6.30. The second kappa shape index (κ2) is 6.56. The Balaban J connectivity index is 1.39. The molecule has 0 radical (unpaired) electrons. The van der Waals surface area contributed by atoms with Crippen molar-refractivity contribution < 1.29 is 14.4 Å². The molecule has 1 atom stereocenters. The molecule has 0 spiro atoms. The summed E-state index contributed by atoms with van der Waals surface area (Å²) in [5, 5.41) is 3.45. The predicted octanol–water partition coefficient (Wildman–Crippen LogP) is 4.28. The van der Waals surface area contributed by atoms with Gasteiger partial charge in [0.15, 0.2) is 5.78 Å². The first kappa shape index (κ1) is 19.1. The molecule has 4 saturated carbocycles. The zero-order chi connectivity index (χ0) is 20.4. The standard InChI is InChI=1S/C23H27ClN2O3/c1-2-23(17-3-5-18(24)6-4-17)20(28)26(21(29)25-23)13-19(27)22-10-14-7-15(11-22)9-16(8-14)12-22/h3-6,14-16H,2,7-13H2,1H3,(H,25,29). The Kier molecular flexibility index (Phi) is 4.32. The molecule has 5 aliphatic rings. The number of imide groups is 1. The Labute approximate surface area is 176 Å². The minimum atomic E-state index is -1.12. The summed E-state index contributed by atoms with van der Waals surface area (Å²) in [6.07, 6.45) is 7.01. The maximum absolute atomic E-state index is 13.4. The van der Waals surface area contributed by atoms with E-state index in [0.29, 0.717) is 34.8 Å². The molecule has 4 aliphatic carbocycles. The summed E-state index contributed by atoms with van der Waals surface area (Å²) in [4.78, 5) is 40.7. The van der Waals surface area contributed by atoms with Gasteiger partial charge in [-0.2, -0.15) is 0 Å². The normalized spacial score (nSPS) is 37.9. The minimum absolute atomic E-state index is 0.0862. The smallest absolute Gasteiger partial charge is 0.319 e. The van der Waals surface area contributed by atoms with Gasteiger partial charge in [0, 0.05) is 10.4 Å². The third kappa shape index (κ3) is 2.84. The molecule has 3 amide bonds. The van der Waals surface area contributed by atoms with Gasteiger partial charge in [0.05, 0.1) is 6.54 Å². The Morgan fingerprint density at radius 2 is 1.62 bits per heavy atom. The number of nitrogens with one attached hydrogen (secondary N) is 1. The van der Waals surface area contributed by atoms with Gasteiger partial charge in [0.2, 0.25) is 0 Å². The predicted molar refractivity (Wildman–Crippen MR) is 109 cm³/mol. The van der Waals surface area contributed by atoms with Crippen LogP contribution in [0.3, 0.4) is 0 Å². The third-order valence-corrected chi connectivity index (χ3v) is 8.23. The van der Waals surface area contributed by atoms with Gasteiger partial charge in [-0.05, 0) is 80.4 Å². The van der Waals surface area contributed by atoms with Crippen LogP contribution in [0.25, 0.3) is 0 Å². The summed E-state index contributed by atoms with van der Waals surface area (Å²) in [5.41, 5.74) is -0.733. The highest BCUT2D eigenvalue weighted by Crippen LogP contribution is 2.60. The van der Waals surface area contributed by atoms with E-state index in [1.165, 1.54) is 19.3 Å². The second-order valence-corrected chi connectivity index (χ2v) is 10.1. The van der Waals surface area contributed by atoms with Gasteiger partial charge in [0.1, 0.15) is 5.54 Å². The lowest BCUT2D eigenvalue weighted by atomic mass is 9.48. The SMILES string of the molecule is CCC1(c2ccc(Cl)cc2)NC(=O)N(CC(=O)C23CC4CC(CC(C4)C2)C3)C1=O. The zero-order valence-corrected chi connectivity index (χ0v) is 17.5. The summed E-state index contributed by atoms with van der Waals surface area (Å²) >= 11 is 5.99. The van der Waals surface area contributed by atoms with Crippen LogP contribution in [0.15, 0.2) is 24.3 Å². The van der Waals surface area contributed by atoms with Gasteiger partial charge in [-0.1, -0.05) is 30.7 Å². The minimum Gasteiger partial charge on any atom is -0.319 e. The van der Waals surface area contributed by atoms with Gasteiger partial charge in [0.25, 0.3) is 5.91 Å². The van der Waals surface area contributed by atoms with E-state index in [0.717, 1.165) is 24.2 Å². The van der Waals surface area contributed by atoms with Crippen LogP contribution in [0, 0.1) is 23.2 Å². The topological polar surface area (TPSA) is 66.5 Å². The lowest BCUT2D eigenvalue weighted by molar-refractivity contribution is -0.147. The number of Topliss-reactive ketones (excluding diaryl/α,β-unsaturated/α-hetero) is 1. The van der Waals surface area contributed by atoms with E-state index in [-0.39, 0.29) is 23.7 Å². The summed E-state index contributed by atoms with van der Waals surface area (Å²) in [7, 11) is 0. The molecule has 1 saturated heterocycles. The van der Waals surface area contributed by atoms with Crippen LogP contribution in [0.2, 0.25) is 5.02 Å².